The molecule has 2 nitrogen and oxygen atoms in total. The van der Waals surface area contributed by atoms with Gasteiger partial charge in [0.15, 0.2) is 0 Å². The summed E-state index contributed by atoms with van der Waals surface area (Å²) in [7, 11) is 0. The molecule has 1 saturated heterocycles. The van der Waals surface area contributed by atoms with Crippen LogP contribution in [0.25, 0.3) is 11.1 Å². The lowest BCUT2D eigenvalue weighted by molar-refractivity contribution is 0.122. The van der Waals surface area contributed by atoms with Gasteiger partial charge < -0.3 is 9.64 Å². The van der Waals surface area contributed by atoms with Crippen molar-refractivity contribution in [3.8, 4) is 11.1 Å². The minimum Gasteiger partial charge on any atom is -0.378 e. The predicted octanol–water partition coefficient (Wildman–Crippen LogP) is 4.31. The maximum atomic E-state index is 5.41. The van der Waals surface area contributed by atoms with Crippen molar-refractivity contribution in [2.24, 2.45) is 0 Å². The second kappa shape index (κ2) is 6.31. The van der Waals surface area contributed by atoms with Gasteiger partial charge in [-0.1, -0.05) is 50.2 Å². The van der Waals surface area contributed by atoms with Crippen molar-refractivity contribution < 1.29 is 4.74 Å². The van der Waals surface area contributed by atoms with E-state index in [0.29, 0.717) is 5.92 Å². The molecular weight excluding hydrogens is 258 g/mol. The first-order valence-corrected chi connectivity index (χ1v) is 7.77. The Morgan fingerprint density at radius 3 is 2.29 bits per heavy atom. The van der Waals surface area contributed by atoms with Crippen LogP contribution in [0, 0.1) is 0 Å². The maximum absolute atomic E-state index is 5.41. The van der Waals surface area contributed by atoms with E-state index in [9.17, 15) is 0 Å². The third-order valence-corrected chi connectivity index (χ3v) is 4.13. The Morgan fingerprint density at radius 1 is 0.905 bits per heavy atom. The van der Waals surface area contributed by atoms with E-state index in [2.05, 4.69) is 67.3 Å². The van der Waals surface area contributed by atoms with Crippen molar-refractivity contribution >= 4 is 5.69 Å². The third-order valence-electron chi connectivity index (χ3n) is 4.13. The summed E-state index contributed by atoms with van der Waals surface area (Å²) in [6.45, 7) is 8.11. The van der Waals surface area contributed by atoms with Crippen LogP contribution in [0.4, 0.5) is 5.69 Å². The van der Waals surface area contributed by atoms with Crippen LogP contribution in [0.2, 0.25) is 0 Å². The molecule has 0 amide bonds. The Labute approximate surface area is 127 Å². The van der Waals surface area contributed by atoms with E-state index in [4.69, 9.17) is 4.74 Å². The average molecular weight is 281 g/mol. The molecule has 0 spiro atoms. The summed E-state index contributed by atoms with van der Waals surface area (Å²) in [5, 5.41) is 0. The first kappa shape index (κ1) is 14.2. The first-order valence-electron chi connectivity index (χ1n) is 7.77. The Hall–Kier alpha value is -1.80. The second-order valence-electron chi connectivity index (χ2n) is 5.93. The van der Waals surface area contributed by atoms with E-state index in [1.807, 2.05) is 0 Å². The van der Waals surface area contributed by atoms with Crippen LogP contribution in [-0.4, -0.2) is 26.3 Å². The summed E-state index contributed by atoms with van der Waals surface area (Å²) in [4.78, 5) is 2.39. The van der Waals surface area contributed by atoms with Crippen LogP contribution in [0.5, 0.6) is 0 Å². The molecule has 1 aliphatic heterocycles. The largest absolute Gasteiger partial charge is 0.378 e. The lowest BCUT2D eigenvalue weighted by Crippen LogP contribution is -2.36. The zero-order valence-electron chi connectivity index (χ0n) is 12.9. The number of benzene rings is 2. The molecule has 0 atom stereocenters. The molecule has 110 valence electrons. The smallest absolute Gasteiger partial charge is 0.0642 e. The highest BCUT2D eigenvalue weighted by Crippen LogP contribution is 2.26. The molecule has 2 aromatic rings. The Morgan fingerprint density at radius 2 is 1.62 bits per heavy atom. The molecule has 0 aliphatic carbocycles. The van der Waals surface area contributed by atoms with Gasteiger partial charge in [-0.05, 0) is 34.7 Å². The van der Waals surface area contributed by atoms with Gasteiger partial charge in [-0.2, -0.15) is 0 Å². The number of morpholine rings is 1. The third kappa shape index (κ3) is 3.27. The molecule has 2 heteroatoms. The predicted molar refractivity (Wildman–Crippen MR) is 89.0 cm³/mol. The Bertz CT molecular complexity index is 583. The van der Waals surface area contributed by atoms with Crippen molar-refractivity contribution in [1.82, 2.24) is 0 Å². The fourth-order valence-electron chi connectivity index (χ4n) is 2.76. The standard InChI is InChI=1S/C19H23NO/c1-15(2)17-4-3-5-18(14-17)16-6-8-19(9-7-16)20-10-12-21-13-11-20/h3-9,14-15H,10-13H2,1-2H3. The number of anilines is 1. The lowest BCUT2D eigenvalue weighted by Gasteiger charge is -2.28. The summed E-state index contributed by atoms with van der Waals surface area (Å²) in [5.41, 5.74) is 5.27. The Kier molecular flexibility index (Phi) is 4.26. The van der Waals surface area contributed by atoms with Gasteiger partial charge in [-0.15, -0.1) is 0 Å². The summed E-state index contributed by atoms with van der Waals surface area (Å²) in [5.74, 6) is 0.567. The molecule has 0 saturated carbocycles. The molecular formula is C19H23NO. The molecule has 0 aromatic heterocycles. The van der Waals surface area contributed by atoms with Gasteiger partial charge in [-0.3, -0.25) is 0 Å². The molecule has 1 fully saturated rings. The van der Waals surface area contributed by atoms with E-state index >= 15 is 0 Å². The fourth-order valence-corrected chi connectivity index (χ4v) is 2.76. The van der Waals surface area contributed by atoms with Crippen LogP contribution in [0.1, 0.15) is 25.3 Å². The zero-order valence-corrected chi connectivity index (χ0v) is 12.9. The quantitative estimate of drug-likeness (QED) is 0.831. The lowest BCUT2D eigenvalue weighted by atomic mass is 9.97. The van der Waals surface area contributed by atoms with Gasteiger partial charge in [0.2, 0.25) is 0 Å². The van der Waals surface area contributed by atoms with Crippen LogP contribution in [0.15, 0.2) is 48.5 Å². The summed E-state index contributed by atoms with van der Waals surface area (Å²) >= 11 is 0. The van der Waals surface area contributed by atoms with Gasteiger partial charge in [0.25, 0.3) is 0 Å². The highest BCUT2D eigenvalue weighted by molar-refractivity contribution is 5.67. The zero-order chi connectivity index (χ0) is 14.7. The van der Waals surface area contributed by atoms with Gasteiger partial charge in [0.05, 0.1) is 13.2 Å². The molecule has 0 unspecified atom stereocenters. The van der Waals surface area contributed by atoms with Gasteiger partial charge in [0.1, 0.15) is 0 Å². The first-order chi connectivity index (χ1) is 10.2. The molecule has 21 heavy (non-hydrogen) atoms. The molecule has 2 aromatic carbocycles. The molecule has 0 bridgehead atoms. The molecule has 1 heterocycles. The summed E-state index contributed by atoms with van der Waals surface area (Å²) in [6, 6.07) is 17.8. The summed E-state index contributed by atoms with van der Waals surface area (Å²) < 4.78 is 5.41. The second-order valence-corrected chi connectivity index (χ2v) is 5.93. The van der Waals surface area contributed by atoms with Gasteiger partial charge in [-0.25, -0.2) is 0 Å². The number of nitrogens with zero attached hydrogens (tertiary/aromatic N) is 1. The highest BCUT2D eigenvalue weighted by Gasteiger charge is 2.11. The SMILES string of the molecule is CC(C)c1cccc(-c2ccc(N3CCOCC3)cc2)c1. The molecule has 3 rings (SSSR count). The van der Waals surface area contributed by atoms with Crippen LogP contribution < -0.4 is 4.90 Å². The minimum atomic E-state index is 0.567. The van der Waals surface area contributed by atoms with Gasteiger partial charge >= 0.3 is 0 Å². The van der Waals surface area contributed by atoms with Gasteiger partial charge in [0, 0.05) is 18.8 Å². The van der Waals surface area contributed by atoms with Crippen molar-refractivity contribution in [2.45, 2.75) is 19.8 Å². The number of hydrogen-bond donors (Lipinski definition) is 0. The number of rotatable bonds is 3. The van der Waals surface area contributed by atoms with Crippen molar-refractivity contribution in [2.75, 3.05) is 31.2 Å². The van der Waals surface area contributed by atoms with E-state index < -0.39 is 0 Å². The normalized spacial score (nSPS) is 15.5. The Balaban J connectivity index is 1.81. The monoisotopic (exact) mass is 281 g/mol. The molecule has 0 radical (unpaired) electrons. The van der Waals surface area contributed by atoms with E-state index in [0.717, 1.165) is 26.3 Å². The van der Waals surface area contributed by atoms with E-state index in [1.165, 1.54) is 22.4 Å². The summed E-state index contributed by atoms with van der Waals surface area (Å²) in [6.07, 6.45) is 0. The molecule has 0 N–H and O–H groups in total. The topological polar surface area (TPSA) is 12.5 Å². The minimum absolute atomic E-state index is 0.567. The molecule has 1 aliphatic rings. The van der Waals surface area contributed by atoms with Crippen LogP contribution in [0.3, 0.4) is 0 Å². The highest BCUT2D eigenvalue weighted by atomic mass is 16.5. The van der Waals surface area contributed by atoms with E-state index in [-0.39, 0.29) is 0 Å². The maximum Gasteiger partial charge on any atom is 0.0642 e. The average Bonchev–Trinajstić information content (AvgIpc) is 2.56. The number of ether oxygens (including phenoxy) is 1. The van der Waals surface area contributed by atoms with Crippen LogP contribution in [-0.2, 0) is 4.74 Å². The number of hydrogen-bond acceptors (Lipinski definition) is 2. The fraction of sp³-hybridized carbons (Fsp3) is 0.368. The van der Waals surface area contributed by atoms with Crippen molar-refractivity contribution in [3.63, 3.8) is 0 Å². The van der Waals surface area contributed by atoms with Crippen LogP contribution >= 0.6 is 0 Å². The van der Waals surface area contributed by atoms with E-state index in [1.54, 1.807) is 0 Å². The van der Waals surface area contributed by atoms with Crippen molar-refractivity contribution in [3.05, 3.63) is 54.1 Å². The van der Waals surface area contributed by atoms with Crippen molar-refractivity contribution in [1.29, 1.82) is 0 Å².